The van der Waals surface area contributed by atoms with E-state index in [4.69, 9.17) is 24.4 Å². The van der Waals surface area contributed by atoms with E-state index in [0.29, 0.717) is 48.7 Å². The average Bonchev–Trinajstić information content (AvgIpc) is 3.33. The molecule has 2 aromatic carbocycles. The van der Waals surface area contributed by atoms with E-state index < -0.39 is 5.91 Å². The number of benzene rings is 2. The first kappa shape index (κ1) is 29.1. The lowest BCUT2D eigenvalue weighted by atomic mass is 10.1. The number of ether oxygens (including phenoxy) is 4. The Bertz CT molecular complexity index is 1370. The fraction of sp³-hybridized carbons (Fsp3) is 0.357. The number of hydrogen-bond donors (Lipinski definition) is 1. The van der Waals surface area contributed by atoms with Gasteiger partial charge in [-0.1, -0.05) is 19.9 Å². The van der Waals surface area contributed by atoms with Gasteiger partial charge in [-0.3, -0.25) is 10.2 Å². The lowest BCUT2D eigenvalue weighted by Gasteiger charge is -2.20. The highest BCUT2D eigenvalue weighted by molar-refractivity contribution is 14.1. The van der Waals surface area contributed by atoms with Crippen LogP contribution in [0.3, 0.4) is 0 Å². The lowest BCUT2D eigenvalue weighted by Crippen LogP contribution is -2.35. The third-order valence-corrected chi connectivity index (χ3v) is 7.99. The Morgan fingerprint density at radius 3 is 2.51 bits per heavy atom. The van der Waals surface area contributed by atoms with Gasteiger partial charge in [0.2, 0.25) is 5.17 Å². The Labute approximate surface area is 246 Å². The van der Waals surface area contributed by atoms with Crippen molar-refractivity contribution in [1.29, 1.82) is 5.41 Å². The minimum absolute atomic E-state index is 0.00101. The lowest BCUT2D eigenvalue weighted by molar-refractivity contribution is -0.114. The zero-order chi connectivity index (χ0) is 28.1. The molecule has 0 bridgehead atoms. The minimum Gasteiger partial charge on any atom is -0.493 e. The smallest absolute Gasteiger partial charge is 0.283 e. The van der Waals surface area contributed by atoms with Crippen LogP contribution in [0.5, 0.6) is 17.2 Å². The van der Waals surface area contributed by atoms with Crippen LogP contribution in [0.15, 0.2) is 46.0 Å². The van der Waals surface area contributed by atoms with Gasteiger partial charge in [0.1, 0.15) is 24.0 Å². The van der Waals surface area contributed by atoms with Gasteiger partial charge in [-0.15, -0.1) is 0 Å². The number of nitrogens with one attached hydrogen (secondary N) is 1. The number of carbonyl (C=O) groups excluding carboxylic acids is 1. The molecule has 2 aromatic rings. The van der Waals surface area contributed by atoms with Crippen LogP contribution in [0.25, 0.3) is 6.08 Å². The second kappa shape index (κ2) is 13.0. The SMILES string of the molecule is COc1cc(/C=C2/C(=N)N3N=C(C(C)C)SC3=NC2=O)cc(I)c1OCCOCCOc1ccc(C)c(C)c1. The van der Waals surface area contributed by atoms with E-state index in [-0.39, 0.29) is 17.3 Å². The zero-order valence-electron chi connectivity index (χ0n) is 22.5. The van der Waals surface area contributed by atoms with Crippen molar-refractivity contribution in [1.82, 2.24) is 5.01 Å². The van der Waals surface area contributed by atoms with Gasteiger partial charge >= 0.3 is 0 Å². The summed E-state index contributed by atoms with van der Waals surface area (Å²) in [7, 11) is 1.56. The summed E-state index contributed by atoms with van der Waals surface area (Å²) in [5.41, 5.74) is 3.28. The predicted octanol–water partition coefficient (Wildman–Crippen LogP) is 5.67. The molecule has 9 nitrogen and oxygen atoms in total. The Balaban J connectivity index is 1.34. The number of fused-ring (bicyclic) bond motifs is 1. The quantitative estimate of drug-likeness (QED) is 0.188. The van der Waals surface area contributed by atoms with E-state index in [2.05, 4.69) is 46.5 Å². The third kappa shape index (κ3) is 7.00. The van der Waals surface area contributed by atoms with Gasteiger partial charge < -0.3 is 18.9 Å². The second-order valence-electron chi connectivity index (χ2n) is 9.20. The van der Waals surface area contributed by atoms with Gasteiger partial charge in [0.05, 0.1) is 29.5 Å². The monoisotopic (exact) mass is 662 g/mol. The molecule has 11 heteroatoms. The summed E-state index contributed by atoms with van der Waals surface area (Å²) in [6.45, 7) is 9.77. The summed E-state index contributed by atoms with van der Waals surface area (Å²) in [5, 5.41) is 15.7. The minimum atomic E-state index is -0.466. The Kier molecular flexibility index (Phi) is 9.67. The fourth-order valence-electron chi connectivity index (χ4n) is 3.70. The molecule has 0 radical (unpaired) electrons. The Morgan fingerprint density at radius 1 is 1.08 bits per heavy atom. The van der Waals surface area contributed by atoms with Gasteiger partial charge in [-0.05, 0) is 95.2 Å². The maximum Gasteiger partial charge on any atom is 0.283 e. The van der Waals surface area contributed by atoms with Crippen LogP contribution in [-0.4, -0.2) is 60.5 Å². The third-order valence-electron chi connectivity index (χ3n) is 5.98. The van der Waals surface area contributed by atoms with E-state index in [9.17, 15) is 4.79 Å². The molecule has 0 spiro atoms. The van der Waals surface area contributed by atoms with Crippen LogP contribution < -0.4 is 14.2 Å². The van der Waals surface area contributed by atoms with E-state index in [1.807, 2.05) is 38.1 Å². The zero-order valence-corrected chi connectivity index (χ0v) is 25.5. The van der Waals surface area contributed by atoms with Crippen LogP contribution >= 0.6 is 34.4 Å². The second-order valence-corrected chi connectivity index (χ2v) is 11.4. The van der Waals surface area contributed by atoms with Crippen molar-refractivity contribution in [3.05, 3.63) is 56.2 Å². The number of hydrazone groups is 1. The molecule has 0 aliphatic carbocycles. The largest absolute Gasteiger partial charge is 0.493 e. The maximum atomic E-state index is 12.7. The molecule has 39 heavy (non-hydrogen) atoms. The molecule has 2 aliphatic heterocycles. The molecule has 0 atom stereocenters. The first-order valence-electron chi connectivity index (χ1n) is 12.5. The molecule has 2 aliphatic rings. The van der Waals surface area contributed by atoms with E-state index in [1.54, 1.807) is 19.3 Å². The molecule has 206 valence electrons. The number of thioether (sulfide) groups is 1. The number of amidine groups is 2. The molecule has 4 rings (SSSR count). The number of halogens is 1. The predicted molar refractivity (Wildman–Crippen MR) is 163 cm³/mol. The topological polar surface area (TPSA) is 106 Å². The van der Waals surface area contributed by atoms with Crippen LogP contribution in [-0.2, 0) is 9.53 Å². The highest BCUT2D eigenvalue weighted by atomic mass is 127. The number of aryl methyl sites for hydroxylation is 2. The van der Waals surface area contributed by atoms with Gasteiger partial charge in [0.15, 0.2) is 17.3 Å². The van der Waals surface area contributed by atoms with Crippen molar-refractivity contribution in [2.24, 2.45) is 16.0 Å². The molecule has 1 N–H and O–H groups in total. The first-order chi connectivity index (χ1) is 18.7. The number of aliphatic imine (C=N–C) groups is 1. The highest BCUT2D eigenvalue weighted by Gasteiger charge is 2.36. The molecule has 0 saturated heterocycles. The van der Waals surface area contributed by atoms with Crippen molar-refractivity contribution in [2.75, 3.05) is 33.5 Å². The first-order valence-corrected chi connectivity index (χ1v) is 14.4. The number of methoxy groups -OCH3 is 1. The van der Waals surface area contributed by atoms with Crippen molar-refractivity contribution in [3.8, 4) is 17.2 Å². The van der Waals surface area contributed by atoms with Crippen LogP contribution in [0.4, 0.5) is 0 Å². The number of carbonyl (C=O) groups is 1. The molecule has 1 amide bonds. The van der Waals surface area contributed by atoms with E-state index in [1.165, 1.54) is 27.9 Å². The molecule has 0 unspecified atom stereocenters. The van der Waals surface area contributed by atoms with Gasteiger partial charge in [-0.2, -0.15) is 15.1 Å². The van der Waals surface area contributed by atoms with Crippen LogP contribution in [0.2, 0.25) is 0 Å². The summed E-state index contributed by atoms with van der Waals surface area (Å²) >= 11 is 3.49. The summed E-state index contributed by atoms with van der Waals surface area (Å²) in [4.78, 5) is 16.9. The molecular weight excluding hydrogens is 631 g/mol. The fourth-order valence-corrected chi connectivity index (χ4v) is 5.37. The van der Waals surface area contributed by atoms with Crippen molar-refractivity contribution in [2.45, 2.75) is 27.7 Å². The van der Waals surface area contributed by atoms with E-state index in [0.717, 1.165) is 14.4 Å². The molecule has 2 heterocycles. The summed E-state index contributed by atoms with van der Waals surface area (Å²) < 4.78 is 23.7. The molecular formula is C28H31IN4O5S. The van der Waals surface area contributed by atoms with Crippen LogP contribution in [0, 0.1) is 28.7 Å². The summed E-state index contributed by atoms with van der Waals surface area (Å²) in [6, 6.07) is 9.65. The average molecular weight is 663 g/mol. The molecule has 0 aromatic heterocycles. The normalized spacial score (nSPS) is 16.0. The highest BCUT2D eigenvalue weighted by Crippen LogP contribution is 2.36. The van der Waals surface area contributed by atoms with Crippen molar-refractivity contribution in [3.63, 3.8) is 0 Å². The maximum absolute atomic E-state index is 12.7. The Morgan fingerprint density at radius 2 is 1.82 bits per heavy atom. The number of hydrogen-bond acceptors (Lipinski definition) is 8. The molecule has 0 fully saturated rings. The van der Waals surface area contributed by atoms with Crippen molar-refractivity contribution >= 4 is 62.4 Å². The van der Waals surface area contributed by atoms with Gasteiger partial charge in [0, 0.05) is 5.92 Å². The van der Waals surface area contributed by atoms with E-state index >= 15 is 0 Å². The van der Waals surface area contributed by atoms with Crippen molar-refractivity contribution < 1.29 is 23.7 Å². The number of rotatable bonds is 11. The summed E-state index contributed by atoms with van der Waals surface area (Å²) in [6.07, 6.45) is 1.63. The standard InChI is InChI=1S/C28H31IN4O5S/c1-16(2)27-32-33-25(30)21(26(34)31-28(33)39-27)13-19-14-22(29)24(23(15-19)35-5)38-11-9-36-8-10-37-20-7-6-17(3)18(4)12-20/h6-7,12-16,30H,8-11H2,1-5H3/b21-13-,30-25?. The van der Waals surface area contributed by atoms with Crippen LogP contribution in [0.1, 0.15) is 30.5 Å². The number of amides is 1. The summed E-state index contributed by atoms with van der Waals surface area (Å²) in [5.74, 6) is 1.65. The van der Waals surface area contributed by atoms with Gasteiger partial charge in [0.25, 0.3) is 5.91 Å². The Hall–Kier alpha value is -2.90. The number of nitrogens with zero attached hydrogens (tertiary/aromatic N) is 3. The molecule has 0 saturated carbocycles. The van der Waals surface area contributed by atoms with Gasteiger partial charge in [-0.25, -0.2) is 0 Å².